The molecular formula is C48H55N3O4. The maximum Gasteiger partial charge on any atom is 0.247 e. The SMILES string of the molecule is C[C@]12CC[C@H]3[C@]4(C=C[C@@]5(C=C4C(=O)c4ccccc4-c4ccccc4)CC(O)CC[C@]35C)[C@@H]1CC[C@@]2(O)CN1CCC2(CC1)C(=O)NCN2c1ccccc1. The van der Waals surface area contributed by atoms with Crippen molar-refractivity contribution in [2.24, 2.45) is 33.5 Å². The smallest absolute Gasteiger partial charge is 0.247 e. The third-order valence-corrected chi connectivity index (χ3v) is 16.8. The summed E-state index contributed by atoms with van der Waals surface area (Å²) < 4.78 is 0. The van der Waals surface area contributed by atoms with Crippen LogP contribution in [0.3, 0.4) is 0 Å². The molecular weight excluding hydrogens is 683 g/mol. The summed E-state index contributed by atoms with van der Waals surface area (Å²) in [6.07, 6.45) is 13.9. The first-order valence-electron chi connectivity index (χ1n) is 20.9. The summed E-state index contributed by atoms with van der Waals surface area (Å²) in [5.41, 5.74) is 1.78. The number of rotatable bonds is 6. The Kier molecular flexibility index (Phi) is 7.87. The van der Waals surface area contributed by atoms with E-state index in [2.05, 4.69) is 77.5 Å². The van der Waals surface area contributed by atoms with Gasteiger partial charge in [-0.2, -0.15) is 0 Å². The third-order valence-electron chi connectivity index (χ3n) is 16.8. The zero-order valence-electron chi connectivity index (χ0n) is 32.3. The zero-order valence-corrected chi connectivity index (χ0v) is 32.3. The van der Waals surface area contributed by atoms with E-state index in [0.29, 0.717) is 38.9 Å². The number of fused-ring (bicyclic) bond motifs is 1. The van der Waals surface area contributed by atoms with Gasteiger partial charge in [-0.05, 0) is 98.3 Å². The van der Waals surface area contributed by atoms with Gasteiger partial charge in [0.2, 0.25) is 5.91 Å². The van der Waals surface area contributed by atoms with Crippen molar-refractivity contribution in [3.8, 4) is 11.1 Å². The lowest BCUT2D eigenvalue weighted by molar-refractivity contribution is -0.177. The molecule has 6 aliphatic carbocycles. The number of carbonyl (C=O) groups is 2. The normalized spacial score (nSPS) is 38.6. The number of carbonyl (C=O) groups excluding carboxylic acids is 2. The fourth-order valence-electron chi connectivity index (χ4n) is 13.8. The van der Waals surface area contributed by atoms with Gasteiger partial charge in [0, 0.05) is 52.7 Å². The van der Waals surface area contributed by atoms with Crippen LogP contribution in [0.25, 0.3) is 11.1 Å². The number of piperidine rings is 1. The highest BCUT2D eigenvalue weighted by Crippen LogP contribution is 2.78. The molecule has 0 aromatic heterocycles. The Labute approximate surface area is 325 Å². The van der Waals surface area contributed by atoms with Gasteiger partial charge in [0.05, 0.1) is 18.4 Å². The molecule has 7 nitrogen and oxygen atoms in total. The topological polar surface area (TPSA) is 93.1 Å². The van der Waals surface area contributed by atoms with E-state index in [1.54, 1.807) is 0 Å². The molecule has 2 bridgehead atoms. The lowest BCUT2D eigenvalue weighted by atomic mass is 9.32. The number of hydrogen-bond donors (Lipinski definition) is 3. The second kappa shape index (κ2) is 12.2. The van der Waals surface area contributed by atoms with E-state index in [-0.39, 0.29) is 34.4 Å². The number of para-hydroxylation sites is 1. The molecule has 8 aliphatic rings. The van der Waals surface area contributed by atoms with Gasteiger partial charge >= 0.3 is 0 Å². The van der Waals surface area contributed by atoms with E-state index in [1.807, 2.05) is 54.6 Å². The zero-order chi connectivity index (χ0) is 37.8. The molecule has 11 rings (SSSR count). The Bertz CT molecular complexity index is 2090. The summed E-state index contributed by atoms with van der Waals surface area (Å²) in [6.45, 7) is 7.37. The van der Waals surface area contributed by atoms with Crippen LogP contribution in [0.4, 0.5) is 5.69 Å². The van der Waals surface area contributed by atoms with Gasteiger partial charge in [-0.3, -0.25) is 9.59 Å². The molecule has 3 spiro atoms. The van der Waals surface area contributed by atoms with Gasteiger partial charge in [-0.25, -0.2) is 0 Å². The standard InChI is InChI=1S/C48H55N3O4/c1-43-20-17-35(52)29-45(43)23-24-48(38(30-45)41(53)37-16-10-9-15-36(37)33-11-5-3-6-12-33)39(43)18-21-44(2)40(48)19-22-47(44,55)31-50-27-25-46(26-28-50)42(54)49-32-51(46)34-13-7-4-8-14-34/h3-16,23-24,30,35,39-40,52,55H,17-22,25-29,31-32H2,1-2H3,(H,49,54)/t35?,39-,40-,43-,44+,45+,47-,48-/m1/s1. The van der Waals surface area contributed by atoms with Crippen LogP contribution in [-0.4, -0.2) is 70.4 Å². The maximum atomic E-state index is 15.5. The highest BCUT2D eigenvalue weighted by Gasteiger charge is 2.74. The summed E-state index contributed by atoms with van der Waals surface area (Å²) in [5, 5.41) is 27.4. The minimum atomic E-state index is -0.932. The molecule has 3 saturated carbocycles. The van der Waals surface area contributed by atoms with Gasteiger partial charge in [0.1, 0.15) is 5.54 Å². The van der Waals surface area contributed by atoms with Crippen molar-refractivity contribution in [1.82, 2.24) is 10.2 Å². The van der Waals surface area contributed by atoms with E-state index in [9.17, 15) is 15.0 Å². The fourth-order valence-corrected chi connectivity index (χ4v) is 13.8. The molecule has 2 aliphatic heterocycles. The molecule has 1 unspecified atom stereocenters. The van der Waals surface area contributed by atoms with Crippen LogP contribution < -0.4 is 10.2 Å². The average molecular weight is 738 g/mol. The number of β-amino-alcohol motifs (C(OH)–C–C–N with tert-alkyl or cyclic N) is 1. The van der Waals surface area contributed by atoms with Crippen molar-refractivity contribution in [2.75, 3.05) is 31.2 Å². The number of aliphatic hydroxyl groups excluding tert-OH is 1. The lowest BCUT2D eigenvalue weighted by Crippen LogP contribution is -2.67. The van der Waals surface area contributed by atoms with Crippen molar-refractivity contribution in [1.29, 1.82) is 0 Å². The summed E-state index contributed by atoms with van der Waals surface area (Å²) in [4.78, 5) is 33.6. The van der Waals surface area contributed by atoms with Gasteiger partial charge < -0.3 is 25.3 Å². The molecule has 2 saturated heterocycles. The van der Waals surface area contributed by atoms with Crippen LogP contribution in [0, 0.1) is 33.5 Å². The molecule has 8 atom stereocenters. The van der Waals surface area contributed by atoms with Crippen molar-refractivity contribution >= 4 is 17.4 Å². The van der Waals surface area contributed by atoms with Crippen molar-refractivity contribution in [3.05, 3.63) is 114 Å². The number of nitrogens with one attached hydrogen (secondary N) is 1. The van der Waals surface area contributed by atoms with E-state index in [1.165, 1.54) is 0 Å². The number of hydrogen-bond acceptors (Lipinski definition) is 6. The highest BCUT2D eigenvalue weighted by molar-refractivity contribution is 6.14. The summed E-state index contributed by atoms with van der Waals surface area (Å²) >= 11 is 0. The molecule has 286 valence electrons. The number of aliphatic hydroxyl groups is 2. The number of nitrogens with zero attached hydrogens (tertiary/aromatic N) is 2. The Morgan fingerprint density at radius 1 is 0.800 bits per heavy atom. The first-order chi connectivity index (χ1) is 26.5. The number of Topliss-reactive ketones (excluding diaryl/α,β-unsaturated/α-hetero) is 1. The lowest BCUT2D eigenvalue weighted by Gasteiger charge is -2.71. The number of ketones is 1. The first-order valence-corrected chi connectivity index (χ1v) is 20.9. The third kappa shape index (κ3) is 4.72. The Balaban J connectivity index is 0.997. The second-order valence-corrected chi connectivity index (χ2v) is 18.8. The predicted octanol–water partition coefficient (Wildman–Crippen LogP) is 7.56. The molecule has 1 amide bonds. The monoisotopic (exact) mass is 737 g/mol. The van der Waals surface area contributed by atoms with E-state index >= 15 is 4.79 Å². The van der Waals surface area contributed by atoms with Crippen molar-refractivity contribution < 1.29 is 19.8 Å². The fraction of sp³-hybridized carbons (Fsp3) is 0.500. The molecule has 3 aromatic rings. The first kappa shape index (κ1) is 35.4. The summed E-state index contributed by atoms with van der Waals surface area (Å²) in [5.74, 6) is 0.532. The van der Waals surface area contributed by atoms with E-state index < -0.39 is 28.1 Å². The predicted molar refractivity (Wildman–Crippen MR) is 215 cm³/mol. The molecule has 5 fully saturated rings. The van der Waals surface area contributed by atoms with E-state index in [4.69, 9.17) is 0 Å². The molecule has 55 heavy (non-hydrogen) atoms. The number of likely N-dealkylation sites (tertiary alicyclic amines) is 1. The molecule has 2 heterocycles. The number of allylic oxidation sites excluding steroid dienone is 4. The van der Waals surface area contributed by atoms with Crippen LogP contribution in [0.1, 0.15) is 82.0 Å². The average Bonchev–Trinajstić information content (AvgIpc) is 3.67. The Hall–Kier alpha value is -4.04. The minimum absolute atomic E-state index is 0.0839. The van der Waals surface area contributed by atoms with Gasteiger partial charge in [0.15, 0.2) is 5.78 Å². The second-order valence-electron chi connectivity index (χ2n) is 18.8. The number of benzene rings is 3. The van der Waals surface area contributed by atoms with Crippen LogP contribution in [0.2, 0.25) is 0 Å². The molecule has 0 radical (unpaired) electrons. The van der Waals surface area contributed by atoms with Crippen LogP contribution >= 0.6 is 0 Å². The Morgan fingerprint density at radius 2 is 1.45 bits per heavy atom. The quantitative estimate of drug-likeness (QED) is 0.179. The van der Waals surface area contributed by atoms with Gasteiger partial charge in [-0.15, -0.1) is 0 Å². The largest absolute Gasteiger partial charge is 0.393 e. The molecule has 7 heteroatoms. The van der Waals surface area contributed by atoms with Crippen LogP contribution in [0.15, 0.2) is 109 Å². The van der Waals surface area contributed by atoms with Crippen LogP contribution in [0.5, 0.6) is 0 Å². The van der Waals surface area contributed by atoms with Crippen LogP contribution in [-0.2, 0) is 4.79 Å². The van der Waals surface area contributed by atoms with Gasteiger partial charge in [0.25, 0.3) is 0 Å². The van der Waals surface area contributed by atoms with Crippen molar-refractivity contribution in [3.63, 3.8) is 0 Å². The Morgan fingerprint density at radius 3 is 2.22 bits per heavy atom. The minimum Gasteiger partial charge on any atom is -0.393 e. The summed E-state index contributed by atoms with van der Waals surface area (Å²) in [6, 6.07) is 28.5. The van der Waals surface area contributed by atoms with Gasteiger partial charge in [-0.1, -0.05) is 105 Å². The maximum absolute atomic E-state index is 15.5. The van der Waals surface area contributed by atoms with Crippen molar-refractivity contribution in [2.45, 2.75) is 88.9 Å². The highest BCUT2D eigenvalue weighted by atomic mass is 16.3. The molecule has 3 N–H and O–H groups in total. The van der Waals surface area contributed by atoms with E-state index in [0.717, 1.165) is 73.1 Å². The summed E-state index contributed by atoms with van der Waals surface area (Å²) in [7, 11) is 0. The number of amides is 1. The molecule has 3 aromatic carbocycles. The number of anilines is 1.